The number of non-ortho nitro benzene ring substituents is 1. The van der Waals surface area contributed by atoms with Gasteiger partial charge in [-0.15, -0.1) is 0 Å². The Morgan fingerprint density at radius 2 is 1.85 bits per heavy atom. The molecule has 27 heavy (non-hydrogen) atoms. The van der Waals surface area contributed by atoms with Crippen molar-refractivity contribution >= 4 is 33.9 Å². The smallest absolute Gasteiger partial charge is 0.418 e. The van der Waals surface area contributed by atoms with Gasteiger partial charge in [0.15, 0.2) is 0 Å². The van der Waals surface area contributed by atoms with Crippen molar-refractivity contribution in [2.24, 2.45) is 0 Å². The first-order valence-electron chi connectivity index (χ1n) is 7.40. The Kier molecular flexibility index (Phi) is 4.40. The van der Waals surface area contributed by atoms with E-state index in [4.69, 9.17) is 0 Å². The predicted molar refractivity (Wildman–Crippen MR) is 87.5 cm³/mol. The lowest BCUT2D eigenvalue weighted by molar-refractivity contribution is -0.384. The normalized spacial score (nSPS) is 11.4. The monoisotopic (exact) mass is 376 g/mol. The predicted octanol–water partition coefficient (Wildman–Crippen LogP) is 3.27. The summed E-state index contributed by atoms with van der Waals surface area (Å²) in [5, 5.41) is 24.8. The molecule has 0 aliphatic rings. The Hall–Kier alpha value is -3.69. The molecule has 1 aromatic heterocycles. The molecule has 0 bridgehead atoms. The quantitative estimate of drug-likeness (QED) is 0.553. The summed E-state index contributed by atoms with van der Waals surface area (Å²) in [6.45, 7) is 0. The summed E-state index contributed by atoms with van der Waals surface area (Å²) in [5.41, 5.74) is -2.32. The molecule has 0 amide bonds. The third kappa shape index (κ3) is 3.50. The van der Waals surface area contributed by atoms with Crippen LogP contribution in [-0.4, -0.2) is 15.9 Å². The number of hydrogen-bond acceptors (Lipinski definition) is 6. The highest BCUT2D eigenvalue weighted by Gasteiger charge is 2.33. The zero-order valence-corrected chi connectivity index (χ0v) is 13.3. The van der Waals surface area contributed by atoms with Crippen LogP contribution < -0.4 is 10.4 Å². The van der Waals surface area contributed by atoms with Crippen LogP contribution in [0.3, 0.4) is 0 Å². The zero-order valence-electron chi connectivity index (χ0n) is 13.3. The van der Waals surface area contributed by atoms with Gasteiger partial charge in [-0.1, -0.05) is 18.2 Å². The fourth-order valence-electron chi connectivity index (χ4n) is 2.58. The van der Waals surface area contributed by atoms with Crippen molar-refractivity contribution in [3.05, 3.63) is 69.9 Å². The largest absolute Gasteiger partial charge is 0.545 e. The number of nitro benzene ring substituents is 1. The molecular weight excluding hydrogens is 367 g/mol. The van der Waals surface area contributed by atoms with Crippen LogP contribution in [0, 0.1) is 10.1 Å². The van der Waals surface area contributed by atoms with Crippen LogP contribution in [0.5, 0.6) is 0 Å². The number of hydrogen-bond donors (Lipinski definition) is 1. The van der Waals surface area contributed by atoms with Gasteiger partial charge in [0.05, 0.1) is 27.7 Å². The molecule has 138 valence electrons. The van der Waals surface area contributed by atoms with E-state index in [9.17, 15) is 33.2 Å². The number of nitrogens with zero attached hydrogens (tertiary/aromatic N) is 2. The maximum absolute atomic E-state index is 13.2. The minimum atomic E-state index is -4.70. The van der Waals surface area contributed by atoms with Crippen LogP contribution in [0.15, 0.2) is 48.7 Å². The summed E-state index contributed by atoms with van der Waals surface area (Å²) >= 11 is 0. The summed E-state index contributed by atoms with van der Waals surface area (Å²) in [5.74, 6) is -1.66. The number of para-hydroxylation sites is 1. The second kappa shape index (κ2) is 6.56. The van der Waals surface area contributed by atoms with Gasteiger partial charge in [-0.25, -0.2) is 0 Å². The minimum absolute atomic E-state index is 0.113. The molecule has 0 radical (unpaired) electrons. The topological polar surface area (TPSA) is 108 Å². The van der Waals surface area contributed by atoms with Crippen molar-refractivity contribution in [1.29, 1.82) is 0 Å². The number of benzene rings is 2. The molecule has 0 aliphatic carbocycles. The Morgan fingerprint density at radius 3 is 2.48 bits per heavy atom. The van der Waals surface area contributed by atoms with Crippen molar-refractivity contribution in [3.63, 3.8) is 0 Å². The molecule has 3 rings (SSSR count). The van der Waals surface area contributed by atoms with E-state index in [1.165, 1.54) is 24.3 Å². The van der Waals surface area contributed by atoms with Gasteiger partial charge >= 0.3 is 6.18 Å². The third-order valence-corrected chi connectivity index (χ3v) is 3.75. The molecule has 1 N–H and O–H groups in total. The van der Waals surface area contributed by atoms with E-state index in [2.05, 4.69) is 10.3 Å². The van der Waals surface area contributed by atoms with Crippen LogP contribution >= 0.6 is 0 Å². The molecule has 0 aliphatic heterocycles. The molecule has 0 fully saturated rings. The van der Waals surface area contributed by atoms with Crippen LogP contribution in [-0.2, 0) is 6.18 Å². The third-order valence-electron chi connectivity index (χ3n) is 3.75. The number of pyridine rings is 1. The average Bonchev–Trinajstić information content (AvgIpc) is 2.60. The van der Waals surface area contributed by atoms with Gasteiger partial charge in [0.2, 0.25) is 0 Å². The first-order chi connectivity index (χ1) is 12.7. The molecule has 1 heterocycles. The van der Waals surface area contributed by atoms with Crippen molar-refractivity contribution < 1.29 is 28.0 Å². The molecule has 0 spiro atoms. The van der Waals surface area contributed by atoms with Gasteiger partial charge < -0.3 is 15.2 Å². The Morgan fingerprint density at radius 1 is 1.15 bits per heavy atom. The van der Waals surface area contributed by atoms with Crippen molar-refractivity contribution in [1.82, 2.24) is 4.98 Å². The lowest BCUT2D eigenvalue weighted by Gasteiger charge is -2.17. The fourth-order valence-corrected chi connectivity index (χ4v) is 2.58. The summed E-state index contributed by atoms with van der Waals surface area (Å²) in [6.07, 6.45) is -3.94. The summed E-state index contributed by atoms with van der Waals surface area (Å²) < 4.78 is 39.6. The van der Waals surface area contributed by atoms with Gasteiger partial charge in [0, 0.05) is 35.0 Å². The van der Waals surface area contributed by atoms with Crippen LogP contribution in [0.4, 0.5) is 30.2 Å². The maximum Gasteiger partial charge on any atom is 0.418 e. The Labute approximate surface area is 149 Å². The van der Waals surface area contributed by atoms with E-state index < -0.39 is 33.7 Å². The van der Waals surface area contributed by atoms with Crippen LogP contribution in [0.1, 0.15) is 15.9 Å². The Bertz CT molecular complexity index is 1070. The van der Waals surface area contributed by atoms with E-state index >= 15 is 0 Å². The minimum Gasteiger partial charge on any atom is -0.545 e. The van der Waals surface area contributed by atoms with Gasteiger partial charge in [-0.3, -0.25) is 15.1 Å². The molecule has 2 aromatic carbocycles. The number of fused-ring (bicyclic) bond motifs is 1. The number of carboxylic acid groups (broad SMARTS) is 1. The highest BCUT2D eigenvalue weighted by Crippen LogP contribution is 2.37. The second-order valence-electron chi connectivity index (χ2n) is 5.47. The number of alkyl halides is 3. The number of aromatic nitrogens is 1. The summed E-state index contributed by atoms with van der Waals surface area (Å²) in [4.78, 5) is 25.3. The zero-order chi connectivity index (χ0) is 19.8. The van der Waals surface area contributed by atoms with Gasteiger partial charge in [-0.2, -0.15) is 13.2 Å². The Balaban J connectivity index is 2.23. The fraction of sp³-hybridized carbons (Fsp3) is 0.0588. The second-order valence-corrected chi connectivity index (χ2v) is 5.47. The number of rotatable bonds is 4. The molecular formula is C17H9F3N3O4-. The summed E-state index contributed by atoms with van der Waals surface area (Å²) in [6, 6.07) is 8.31. The van der Waals surface area contributed by atoms with E-state index in [0.29, 0.717) is 0 Å². The highest BCUT2D eigenvalue weighted by molar-refractivity contribution is 6.05. The van der Waals surface area contributed by atoms with Crippen molar-refractivity contribution in [2.45, 2.75) is 6.18 Å². The SMILES string of the molecule is O=C([O-])c1cnc2c(C(F)(F)F)cccc2c1Nc1cccc([N+](=O)[O-])c1. The molecule has 10 heteroatoms. The first kappa shape index (κ1) is 18.1. The number of halogens is 3. The number of nitro groups is 1. The number of aromatic carboxylic acids is 1. The van der Waals surface area contributed by atoms with Crippen LogP contribution in [0.2, 0.25) is 0 Å². The number of nitrogens with one attached hydrogen (secondary N) is 1. The number of carbonyl (C=O) groups is 1. The van der Waals surface area contributed by atoms with E-state index in [-0.39, 0.29) is 22.4 Å². The van der Waals surface area contributed by atoms with E-state index in [0.717, 1.165) is 24.4 Å². The molecule has 7 nitrogen and oxygen atoms in total. The standard InChI is InChI=1S/C17H10F3N3O4/c18-17(19,20)13-6-2-5-11-14(12(16(24)25)8-21-15(11)13)22-9-3-1-4-10(7-9)23(26)27/h1-8H,(H,21,22)(H,24,25)/p-1. The lowest BCUT2D eigenvalue weighted by atomic mass is 10.0. The molecule has 0 unspecified atom stereocenters. The molecule has 0 saturated heterocycles. The van der Waals surface area contributed by atoms with Gasteiger partial charge in [0.1, 0.15) is 0 Å². The molecule has 0 saturated carbocycles. The summed E-state index contributed by atoms with van der Waals surface area (Å²) in [7, 11) is 0. The van der Waals surface area contributed by atoms with E-state index in [1.807, 2.05) is 0 Å². The highest BCUT2D eigenvalue weighted by atomic mass is 19.4. The number of anilines is 2. The number of carboxylic acids is 1. The van der Waals surface area contributed by atoms with Gasteiger partial charge in [0.25, 0.3) is 5.69 Å². The average molecular weight is 376 g/mol. The van der Waals surface area contributed by atoms with Crippen molar-refractivity contribution in [2.75, 3.05) is 5.32 Å². The van der Waals surface area contributed by atoms with Crippen LogP contribution in [0.25, 0.3) is 10.9 Å². The van der Waals surface area contributed by atoms with E-state index in [1.54, 1.807) is 0 Å². The maximum atomic E-state index is 13.2. The van der Waals surface area contributed by atoms with Crippen molar-refractivity contribution in [3.8, 4) is 0 Å². The number of carbonyl (C=O) groups excluding carboxylic acids is 1. The van der Waals surface area contributed by atoms with Gasteiger partial charge in [-0.05, 0) is 12.1 Å². The molecule has 3 aromatic rings. The first-order valence-corrected chi connectivity index (χ1v) is 7.40. The molecule has 0 atom stereocenters. The lowest BCUT2D eigenvalue weighted by Crippen LogP contribution is -2.24.